The van der Waals surface area contributed by atoms with Crippen LogP contribution in [0.1, 0.15) is 40.5 Å². The van der Waals surface area contributed by atoms with Gasteiger partial charge in [0, 0.05) is 41.8 Å². The average Bonchev–Trinajstić information content (AvgIpc) is 3.47. The maximum atomic E-state index is 12.6. The summed E-state index contributed by atoms with van der Waals surface area (Å²) in [5.74, 6) is -0.948. The molecular weight excluding hydrogens is 470 g/mol. The van der Waals surface area contributed by atoms with Crippen molar-refractivity contribution in [2.45, 2.75) is 33.2 Å². The molecule has 0 radical (unpaired) electrons. The van der Waals surface area contributed by atoms with Crippen molar-refractivity contribution < 1.29 is 9.90 Å². The number of nitrogens with zero attached hydrogens (tertiary/aromatic N) is 3. The number of hydrogen-bond acceptors (Lipinski definition) is 2. The van der Waals surface area contributed by atoms with Crippen LogP contribution in [0, 0.1) is 6.92 Å². The number of fused-ring (bicyclic) bond motifs is 3. The van der Waals surface area contributed by atoms with Gasteiger partial charge in [0.2, 0.25) is 0 Å². The van der Waals surface area contributed by atoms with Crippen LogP contribution in [0.15, 0.2) is 97.3 Å². The second kappa shape index (κ2) is 9.67. The molecule has 6 rings (SSSR count). The second-order valence-electron chi connectivity index (χ2n) is 9.70. The number of rotatable bonds is 7. The van der Waals surface area contributed by atoms with E-state index in [1.54, 1.807) is 0 Å². The Balaban J connectivity index is 1.58. The van der Waals surface area contributed by atoms with E-state index in [1.807, 2.05) is 67.7 Å². The Labute approximate surface area is 221 Å². The van der Waals surface area contributed by atoms with Crippen molar-refractivity contribution in [1.29, 1.82) is 0 Å². The highest BCUT2D eigenvalue weighted by molar-refractivity contribution is 6.09. The number of aromatic nitrogens is 3. The Bertz CT molecular complexity index is 1860. The zero-order valence-electron chi connectivity index (χ0n) is 21.6. The summed E-state index contributed by atoms with van der Waals surface area (Å²) < 4.78 is 4.43. The molecule has 0 aliphatic heterocycles. The Hall–Kier alpha value is -4.64. The highest BCUT2D eigenvalue weighted by Gasteiger charge is 2.23. The molecule has 1 N–H and O–H groups in total. The van der Waals surface area contributed by atoms with E-state index >= 15 is 0 Å². The molecule has 3 heterocycles. The Kier molecular flexibility index (Phi) is 6.04. The summed E-state index contributed by atoms with van der Waals surface area (Å²) >= 11 is 0. The van der Waals surface area contributed by atoms with E-state index in [1.165, 1.54) is 22.0 Å². The first-order valence-electron chi connectivity index (χ1n) is 13.0. The number of allylic oxidation sites excluding steroid dienone is 2. The maximum absolute atomic E-state index is 12.6. The van der Waals surface area contributed by atoms with Crippen LogP contribution in [0.3, 0.4) is 0 Å². The van der Waals surface area contributed by atoms with Gasteiger partial charge in [0.25, 0.3) is 0 Å². The predicted molar refractivity (Wildman–Crippen MR) is 154 cm³/mol. The monoisotopic (exact) mass is 499 g/mol. The van der Waals surface area contributed by atoms with Crippen molar-refractivity contribution in [3.05, 3.63) is 120 Å². The summed E-state index contributed by atoms with van der Waals surface area (Å²) in [7, 11) is 0. The van der Waals surface area contributed by atoms with E-state index in [-0.39, 0.29) is 5.56 Å². The van der Waals surface area contributed by atoms with Gasteiger partial charge >= 0.3 is 5.97 Å². The summed E-state index contributed by atoms with van der Waals surface area (Å²) in [6.07, 6.45) is 10.1. The summed E-state index contributed by atoms with van der Waals surface area (Å²) in [6, 6.07) is 23.9. The van der Waals surface area contributed by atoms with Gasteiger partial charge in [-0.2, -0.15) is 0 Å². The number of carboxylic acids is 1. The lowest BCUT2D eigenvalue weighted by atomic mass is 9.94. The first-order valence-corrected chi connectivity index (χ1v) is 13.0. The quantitative estimate of drug-likeness (QED) is 0.229. The minimum absolute atomic E-state index is 0.290. The minimum atomic E-state index is -0.948. The van der Waals surface area contributed by atoms with E-state index in [4.69, 9.17) is 4.98 Å². The van der Waals surface area contributed by atoms with Crippen LogP contribution in [-0.2, 0) is 13.0 Å². The van der Waals surface area contributed by atoms with E-state index in [9.17, 15) is 9.90 Å². The molecule has 0 unspecified atom stereocenters. The fraction of sp³-hybridized carbons (Fsp3) is 0.152. The highest BCUT2D eigenvalue weighted by Crippen LogP contribution is 2.35. The average molecular weight is 500 g/mol. The molecule has 0 saturated heterocycles. The summed E-state index contributed by atoms with van der Waals surface area (Å²) in [6.45, 7) is 5.11. The van der Waals surface area contributed by atoms with E-state index < -0.39 is 5.97 Å². The number of carboxylic acid groups (broad SMARTS) is 1. The Morgan fingerprint density at radius 3 is 2.68 bits per heavy atom. The fourth-order valence-corrected chi connectivity index (χ4v) is 5.64. The van der Waals surface area contributed by atoms with Gasteiger partial charge in [-0.3, -0.25) is 0 Å². The van der Waals surface area contributed by atoms with Gasteiger partial charge in [0.05, 0.1) is 17.0 Å². The van der Waals surface area contributed by atoms with Gasteiger partial charge in [-0.25, -0.2) is 9.78 Å². The van der Waals surface area contributed by atoms with Gasteiger partial charge in [0.15, 0.2) is 0 Å². The Morgan fingerprint density at radius 2 is 1.84 bits per heavy atom. The number of benzene rings is 3. The molecule has 0 amide bonds. The summed E-state index contributed by atoms with van der Waals surface area (Å²) in [4.78, 5) is 17.6. The molecule has 0 fully saturated rings. The van der Waals surface area contributed by atoms with Crippen molar-refractivity contribution in [2.24, 2.45) is 0 Å². The number of pyridine rings is 1. The van der Waals surface area contributed by atoms with Crippen molar-refractivity contribution in [3.8, 4) is 11.3 Å². The number of imidazole rings is 1. The molecule has 0 atom stereocenters. The lowest BCUT2D eigenvalue weighted by Crippen LogP contribution is -2.03. The molecular formula is C33H29N3O2. The minimum Gasteiger partial charge on any atom is -0.478 e. The van der Waals surface area contributed by atoms with E-state index in [2.05, 4.69) is 52.4 Å². The Morgan fingerprint density at radius 1 is 1.00 bits per heavy atom. The van der Waals surface area contributed by atoms with Gasteiger partial charge in [-0.1, -0.05) is 66.7 Å². The first kappa shape index (κ1) is 23.7. The van der Waals surface area contributed by atoms with Crippen molar-refractivity contribution >= 4 is 33.3 Å². The molecule has 0 spiro atoms. The van der Waals surface area contributed by atoms with Crippen molar-refractivity contribution in [3.63, 3.8) is 0 Å². The van der Waals surface area contributed by atoms with Gasteiger partial charge < -0.3 is 14.1 Å². The topological polar surface area (TPSA) is 59.5 Å². The third-order valence-corrected chi connectivity index (χ3v) is 7.35. The molecule has 3 aromatic carbocycles. The maximum Gasteiger partial charge on any atom is 0.337 e. The molecule has 3 aromatic heterocycles. The number of aryl methyl sites for hydroxylation is 2. The predicted octanol–water partition coefficient (Wildman–Crippen LogP) is 7.67. The fourth-order valence-electron chi connectivity index (χ4n) is 5.64. The van der Waals surface area contributed by atoms with Crippen molar-refractivity contribution in [2.75, 3.05) is 0 Å². The molecule has 6 aromatic rings. The van der Waals surface area contributed by atoms with E-state index in [0.29, 0.717) is 17.7 Å². The largest absolute Gasteiger partial charge is 0.478 e. The molecule has 0 bridgehead atoms. The SMILES string of the molecule is CC=CCCn1cc(Cc2c(-c3ccc4ccccc4c3C(=O)O)nc3ccccn23)c2c(C)cccc21. The third-order valence-electron chi connectivity index (χ3n) is 7.35. The van der Waals surface area contributed by atoms with Gasteiger partial charge in [-0.05, 0) is 60.4 Å². The van der Waals surface area contributed by atoms with Crippen LogP contribution >= 0.6 is 0 Å². The lowest BCUT2D eigenvalue weighted by molar-refractivity contribution is 0.0700. The third kappa shape index (κ3) is 3.97. The normalized spacial score (nSPS) is 11.8. The molecule has 188 valence electrons. The highest BCUT2D eigenvalue weighted by atomic mass is 16.4. The number of carbonyl (C=O) groups is 1. The van der Waals surface area contributed by atoms with Crippen LogP contribution in [0.4, 0.5) is 0 Å². The molecule has 38 heavy (non-hydrogen) atoms. The molecule has 5 heteroatoms. The zero-order valence-corrected chi connectivity index (χ0v) is 21.6. The van der Waals surface area contributed by atoms with Gasteiger partial charge in [0.1, 0.15) is 5.65 Å². The smallest absolute Gasteiger partial charge is 0.337 e. The van der Waals surface area contributed by atoms with Gasteiger partial charge in [-0.15, -0.1) is 0 Å². The van der Waals surface area contributed by atoms with Crippen molar-refractivity contribution in [1.82, 2.24) is 14.0 Å². The first-order chi connectivity index (χ1) is 18.6. The molecule has 0 aliphatic carbocycles. The van der Waals surface area contributed by atoms with Crippen LogP contribution in [0.2, 0.25) is 0 Å². The summed E-state index contributed by atoms with van der Waals surface area (Å²) in [5.41, 5.74) is 7.09. The summed E-state index contributed by atoms with van der Waals surface area (Å²) in [5, 5.41) is 13.2. The molecule has 5 nitrogen and oxygen atoms in total. The van der Waals surface area contributed by atoms with E-state index in [0.717, 1.165) is 35.1 Å². The lowest BCUT2D eigenvalue weighted by Gasteiger charge is -2.11. The number of hydrogen-bond donors (Lipinski definition) is 1. The molecule has 0 aliphatic rings. The van der Waals surface area contributed by atoms with Crippen LogP contribution in [-0.4, -0.2) is 25.0 Å². The second-order valence-corrected chi connectivity index (χ2v) is 9.70. The number of aromatic carboxylic acids is 1. The standard InChI is InChI=1S/C33H29N3O2/c1-3-4-8-18-35-21-24(30-22(2)11-10-14-27(30)35)20-28-32(34-29-15-7-9-19-36(28)29)26-17-16-23-12-5-6-13-25(23)31(26)33(37)38/h3-7,9-17,19,21H,8,18,20H2,1-2H3,(H,37,38). The van der Waals surface area contributed by atoms with Crippen LogP contribution < -0.4 is 0 Å². The van der Waals surface area contributed by atoms with Crippen LogP contribution in [0.25, 0.3) is 38.6 Å². The zero-order chi connectivity index (χ0) is 26.2. The molecule has 0 saturated carbocycles. The van der Waals surface area contributed by atoms with Crippen LogP contribution in [0.5, 0.6) is 0 Å².